The van der Waals surface area contributed by atoms with Gasteiger partial charge in [-0.25, -0.2) is 0 Å². The van der Waals surface area contributed by atoms with Gasteiger partial charge in [0, 0.05) is 17.3 Å². The van der Waals surface area contributed by atoms with Crippen LogP contribution in [0.5, 0.6) is 0 Å². The summed E-state index contributed by atoms with van der Waals surface area (Å²) in [5.74, 6) is -0.442. The summed E-state index contributed by atoms with van der Waals surface area (Å²) in [6, 6.07) is 2.05. The Morgan fingerprint density at radius 1 is 1.36 bits per heavy atom. The monoisotopic (exact) mass is 321 g/mol. The van der Waals surface area contributed by atoms with Crippen molar-refractivity contribution in [2.24, 2.45) is 10.8 Å². The number of nitrogens with zero attached hydrogens (tertiary/aromatic N) is 1. The highest BCUT2D eigenvalue weighted by atomic mass is 32.1. The maximum Gasteiger partial charge on any atom is 0.322 e. The maximum atomic E-state index is 13.2. The van der Waals surface area contributed by atoms with Crippen LogP contribution in [0.25, 0.3) is 0 Å². The molecule has 4 nitrogen and oxygen atoms in total. The minimum atomic E-state index is -1.03. The van der Waals surface area contributed by atoms with Gasteiger partial charge in [-0.15, -0.1) is 11.3 Å². The molecule has 1 aliphatic carbocycles. The normalized spacial score (nSPS) is 32.1. The van der Waals surface area contributed by atoms with E-state index in [1.165, 1.54) is 5.56 Å². The predicted octanol–water partition coefficient (Wildman–Crippen LogP) is 3.14. The predicted molar refractivity (Wildman–Crippen MR) is 85.5 cm³/mol. The quantitative estimate of drug-likeness (QED) is 0.635. The van der Waals surface area contributed by atoms with Gasteiger partial charge in [-0.2, -0.15) is 0 Å². The van der Waals surface area contributed by atoms with E-state index in [-0.39, 0.29) is 11.9 Å². The van der Waals surface area contributed by atoms with Crippen LogP contribution in [-0.4, -0.2) is 29.4 Å². The van der Waals surface area contributed by atoms with Crippen LogP contribution in [0.4, 0.5) is 0 Å². The lowest BCUT2D eigenvalue weighted by Crippen LogP contribution is -2.51. The first-order valence-corrected chi connectivity index (χ1v) is 8.56. The molecule has 1 aromatic heterocycles. The molecule has 120 valence electrons. The summed E-state index contributed by atoms with van der Waals surface area (Å²) in [6.45, 7) is 8.53. The Morgan fingerprint density at radius 2 is 2.05 bits per heavy atom. The van der Waals surface area contributed by atoms with Crippen molar-refractivity contribution < 1.29 is 14.3 Å². The van der Waals surface area contributed by atoms with Crippen LogP contribution in [0.3, 0.4) is 0 Å². The molecule has 0 radical (unpaired) electrons. The topological polar surface area (TPSA) is 46.6 Å². The van der Waals surface area contributed by atoms with Crippen molar-refractivity contribution in [2.75, 3.05) is 7.05 Å². The molecule has 2 heterocycles. The van der Waals surface area contributed by atoms with E-state index in [4.69, 9.17) is 4.74 Å². The molecule has 5 heteroatoms. The molecule has 1 aliphatic heterocycles. The van der Waals surface area contributed by atoms with Gasteiger partial charge in [-0.1, -0.05) is 13.8 Å². The second kappa shape index (κ2) is 4.57. The molecule has 2 fully saturated rings. The van der Waals surface area contributed by atoms with Crippen molar-refractivity contribution in [3.05, 3.63) is 21.9 Å². The van der Waals surface area contributed by atoms with Crippen molar-refractivity contribution in [1.82, 2.24) is 4.90 Å². The highest BCUT2D eigenvalue weighted by Gasteiger charge is 2.76. The van der Waals surface area contributed by atoms with Crippen molar-refractivity contribution in [1.29, 1.82) is 0 Å². The van der Waals surface area contributed by atoms with Gasteiger partial charge in [0.15, 0.2) is 5.41 Å². The fourth-order valence-corrected chi connectivity index (χ4v) is 4.93. The fraction of sp³-hybridized carbons (Fsp3) is 0.647. The molecule has 3 rings (SSSR count). The smallest absolute Gasteiger partial charge is 0.322 e. The Balaban J connectivity index is 1.91. The van der Waals surface area contributed by atoms with Crippen LogP contribution in [0.15, 0.2) is 11.4 Å². The van der Waals surface area contributed by atoms with Crippen LogP contribution in [0, 0.1) is 17.8 Å². The highest BCUT2D eigenvalue weighted by Crippen LogP contribution is 2.66. The van der Waals surface area contributed by atoms with Gasteiger partial charge in [0.1, 0.15) is 5.60 Å². The Labute approximate surface area is 135 Å². The maximum absolute atomic E-state index is 13.2. The fourth-order valence-electron chi connectivity index (χ4n) is 3.97. The van der Waals surface area contributed by atoms with Gasteiger partial charge in [-0.3, -0.25) is 9.59 Å². The molecular formula is C17H23NO3S. The lowest BCUT2D eigenvalue weighted by molar-refractivity contribution is -0.165. The minimum absolute atomic E-state index is 0.100. The number of esters is 1. The third kappa shape index (κ3) is 1.69. The molecule has 0 unspecified atom stereocenters. The lowest BCUT2D eigenvalue weighted by Gasteiger charge is -2.36. The first kappa shape index (κ1) is 15.5. The number of aryl methyl sites for hydroxylation is 1. The number of ether oxygens (including phenoxy) is 1. The molecule has 1 amide bonds. The number of thiophene rings is 1. The zero-order valence-corrected chi connectivity index (χ0v) is 14.7. The van der Waals surface area contributed by atoms with Crippen LogP contribution < -0.4 is 0 Å². The summed E-state index contributed by atoms with van der Waals surface area (Å²) in [5.41, 5.74) is -0.847. The van der Waals surface area contributed by atoms with Crippen molar-refractivity contribution in [2.45, 2.75) is 52.7 Å². The van der Waals surface area contributed by atoms with E-state index >= 15 is 0 Å². The Kier molecular flexibility index (Phi) is 3.23. The first-order valence-electron chi connectivity index (χ1n) is 7.68. The van der Waals surface area contributed by atoms with Gasteiger partial charge in [0.25, 0.3) is 0 Å². The zero-order valence-electron chi connectivity index (χ0n) is 13.9. The molecule has 0 N–H and O–H groups in total. The summed E-state index contributed by atoms with van der Waals surface area (Å²) >= 11 is 1.64. The molecule has 1 saturated heterocycles. The molecular weight excluding hydrogens is 298 g/mol. The lowest BCUT2D eigenvalue weighted by atomic mass is 9.65. The zero-order chi connectivity index (χ0) is 16.3. The SMILES string of the molecule is Cc1ccsc1CN(C)C(=O)[C@@]12CC[C@@](C)(OC1=O)C2(C)C. The molecule has 22 heavy (non-hydrogen) atoms. The van der Waals surface area contributed by atoms with Gasteiger partial charge in [0.05, 0.1) is 6.54 Å². The number of rotatable bonds is 3. The van der Waals surface area contributed by atoms with E-state index in [1.54, 1.807) is 23.3 Å². The van der Waals surface area contributed by atoms with Gasteiger partial charge in [-0.05, 0) is 43.7 Å². The van der Waals surface area contributed by atoms with Gasteiger partial charge in [0.2, 0.25) is 5.91 Å². The summed E-state index contributed by atoms with van der Waals surface area (Å²) in [6.07, 6.45) is 1.34. The third-order valence-electron chi connectivity index (χ3n) is 6.09. The number of fused-ring (bicyclic) bond motifs is 2. The Bertz CT molecular complexity index is 650. The number of amides is 1. The summed E-state index contributed by atoms with van der Waals surface area (Å²) in [7, 11) is 1.79. The van der Waals surface area contributed by atoms with Crippen LogP contribution in [-0.2, 0) is 20.9 Å². The average molecular weight is 321 g/mol. The highest BCUT2D eigenvalue weighted by molar-refractivity contribution is 7.10. The van der Waals surface area contributed by atoms with Crippen LogP contribution in [0.2, 0.25) is 0 Å². The molecule has 2 aliphatic rings. The van der Waals surface area contributed by atoms with E-state index < -0.39 is 16.4 Å². The molecule has 0 spiro atoms. The number of carbonyl (C=O) groups excluding carboxylic acids is 2. The van der Waals surface area contributed by atoms with E-state index in [0.717, 1.165) is 11.3 Å². The second-order valence-corrected chi connectivity index (χ2v) is 8.34. The van der Waals surface area contributed by atoms with E-state index in [9.17, 15) is 9.59 Å². The summed E-state index contributed by atoms with van der Waals surface area (Å²) < 4.78 is 5.61. The number of hydrogen-bond acceptors (Lipinski definition) is 4. The van der Waals surface area contributed by atoms with Crippen molar-refractivity contribution in [3.8, 4) is 0 Å². The number of hydrogen-bond donors (Lipinski definition) is 0. The Hall–Kier alpha value is -1.36. The molecule has 2 bridgehead atoms. The van der Waals surface area contributed by atoms with Crippen LogP contribution >= 0.6 is 11.3 Å². The third-order valence-corrected chi connectivity index (χ3v) is 7.10. The van der Waals surface area contributed by atoms with Crippen LogP contribution in [0.1, 0.15) is 44.1 Å². The second-order valence-electron chi connectivity index (χ2n) is 7.34. The van der Waals surface area contributed by atoms with E-state index in [1.807, 2.05) is 33.1 Å². The molecule has 1 saturated carbocycles. The largest absolute Gasteiger partial charge is 0.458 e. The average Bonchev–Trinajstić information content (AvgIpc) is 2.96. The van der Waals surface area contributed by atoms with Crippen molar-refractivity contribution in [3.63, 3.8) is 0 Å². The molecule has 0 aromatic carbocycles. The van der Waals surface area contributed by atoms with Crippen molar-refractivity contribution >= 4 is 23.2 Å². The standard InChI is InChI=1S/C17H23NO3S/c1-11-6-9-22-12(11)10-18(5)13(19)17-8-7-16(4,15(17,2)3)21-14(17)20/h6,9H,7-8,10H2,1-5H3/t16-,17+/m1/s1. The first-order chi connectivity index (χ1) is 10.2. The molecule has 2 atom stereocenters. The summed E-state index contributed by atoms with van der Waals surface area (Å²) in [5, 5.41) is 2.03. The summed E-state index contributed by atoms with van der Waals surface area (Å²) in [4.78, 5) is 28.5. The minimum Gasteiger partial charge on any atom is -0.458 e. The van der Waals surface area contributed by atoms with E-state index in [2.05, 4.69) is 6.07 Å². The van der Waals surface area contributed by atoms with E-state index in [0.29, 0.717) is 13.0 Å². The number of carbonyl (C=O) groups is 2. The Morgan fingerprint density at radius 3 is 2.50 bits per heavy atom. The molecule has 1 aromatic rings. The van der Waals surface area contributed by atoms with Gasteiger partial charge < -0.3 is 9.64 Å². The van der Waals surface area contributed by atoms with Gasteiger partial charge >= 0.3 is 5.97 Å².